The van der Waals surface area contributed by atoms with E-state index in [0.717, 1.165) is 5.69 Å². The van der Waals surface area contributed by atoms with Crippen LogP contribution in [0.3, 0.4) is 0 Å². The molecule has 0 saturated carbocycles. The van der Waals surface area contributed by atoms with Gasteiger partial charge in [0.2, 0.25) is 0 Å². The number of hydrogen-bond acceptors (Lipinski definition) is 5. The molecule has 8 nitrogen and oxygen atoms in total. The molecule has 0 unspecified atom stereocenters. The first-order chi connectivity index (χ1) is 8.65. The normalized spacial score (nSPS) is 10.9. The van der Waals surface area contributed by atoms with Crippen molar-refractivity contribution in [3.63, 3.8) is 0 Å². The van der Waals surface area contributed by atoms with E-state index in [1.165, 1.54) is 27.9 Å². The molecule has 0 saturated heterocycles. The van der Waals surface area contributed by atoms with Gasteiger partial charge in [-0.2, -0.15) is 19.7 Å². The van der Waals surface area contributed by atoms with Crippen LogP contribution < -0.4 is 0 Å². The van der Waals surface area contributed by atoms with Gasteiger partial charge >= 0.3 is 5.97 Å². The lowest BCUT2D eigenvalue weighted by Gasteiger charge is -2.04. The van der Waals surface area contributed by atoms with Crippen molar-refractivity contribution in [3.05, 3.63) is 36.0 Å². The van der Waals surface area contributed by atoms with Crippen LogP contribution in [0.25, 0.3) is 11.6 Å². The highest BCUT2D eigenvalue weighted by Gasteiger charge is 2.11. The number of aromatic nitrogens is 6. The molecular weight excluding hydrogens is 236 g/mol. The van der Waals surface area contributed by atoms with E-state index in [2.05, 4.69) is 20.2 Å². The molecule has 3 heterocycles. The molecule has 3 aromatic rings. The first-order valence-corrected chi connectivity index (χ1v) is 5.11. The molecule has 1 N–H and O–H groups in total. The summed E-state index contributed by atoms with van der Waals surface area (Å²) in [5.74, 6) is 0.00161. The summed E-state index contributed by atoms with van der Waals surface area (Å²) in [6.07, 6.45) is 4.08. The summed E-state index contributed by atoms with van der Waals surface area (Å²) >= 11 is 0. The average Bonchev–Trinajstić information content (AvgIpc) is 2.95. The number of rotatable bonds is 2. The Morgan fingerprint density at radius 1 is 1.39 bits per heavy atom. The number of hydrogen-bond donors (Lipinski definition) is 1. The van der Waals surface area contributed by atoms with Crippen molar-refractivity contribution in [1.82, 2.24) is 29.4 Å². The largest absolute Gasteiger partial charge is 0.478 e. The molecule has 0 radical (unpaired) electrons. The maximum Gasteiger partial charge on any atom is 0.338 e. The zero-order chi connectivity index (χ0) is 12.7. The molecule has 0 bridgehead atoms. The molecule has 0 aromatic carbocycles. The Balaban J connectivity index is 2.23. The Morgan fingerprint density at radius 3 is 2.94 bits per heavy atom. The molecule has 0 amide bonds. The Labute approximate surface area is 101 Å². The van der Waals surface area contributed by atoms with Gasteiger partial charge in [-0.1, -0.05) is 0 Å². The van der Waals surface area contributed by atoms with E-state index in [4.69, 9.17) is 5.11 Å². The second kappa shape index (κ2) is 3.62. The van der Waals surface area contributed by atoms with Crippen LogP contribution in [0.5, 0.6) is 0 Å². The van der Waals surface area contributed by atoms with Crippen LogP contribution in [-0.4, -0.2) is 40.4 Å². The lowest BCUT2D eigenvalue weighted by molar-refractivity contribution is 0.0697. The summed E-state index contributed by atoms with van der Waals surface area (Å²) in [4.78, 5) is 19.0. The van der Waals surface area contributed by atoms with Crippen LogP contribution in [0.1, 0.15) is 16.1 Å². The summed E-state index contributed by atoms with van der Waals surface area (Å²) in [5, 5.41) is 16.9. The molecule has 0 aliphatic rings. The van der Waals surface area contributed by atoms with Crippen molar-refractivity contribution in [3.8, 4) is 5.82 Å². The Hall–Kier alpha value is -2.77. The lowest BCUT2D eigenvalue weighted by Crippen LogP contribution is -2.06. The SMILES string of the molecule is Cc1cc(-n2cc(C(=O)O)cn2)n2ncnc2n1. The third kappa shape index (κ3) is 1.51. The van der Waals surface area contributed by atoms with Gasteiger partial charge in [-0.15, -0.1) is 0 Å². The van der Waals surface area contributed by atoms with E-state index in [9.17, 15) is 4.79 Å². The standard InChI is InChI=1S/C10H8N6O2/c1-6-2-8(16-10(14-6)11-5-13-16)15-4-7(3-12-15)9(17)18/h2-5H,1H3,(H,17,18). The summed E-state index contributed by atoms with van der Waals surface area (Å²) in [6, 6.07) is 1.75. The number of aryl methyl sites for hydroxylation is 1. The number of carboxylic acid groups (broad SMARTS) is 1. The Morgan fingerprint density at radius 2 is 2.22 bits per heavy atom. The molecular formula is C10H8N6O2. The second-order valence-electron chi connectivity index (χ2n) is 3.71. The summed E-state index contributed by atoms with van der Waals surface area (Å²) in [6.45, 7) is 1.82. The number of aromatic carboxylic acids is 1. The maximum atomic E-state index is 10.8. The van der Waals surface area contributed by atoms with Gasteiger partial charge in [0.15, 0.2) is 5.82 Å². The van der Waals surface area contributed by atoms with Crippen LogP contribution in [0, 0.1) is 6.92 Å². The minimum atomic E-state index is -1.03. The molecule has 18 heavy (non-hydrogen) atoms. The Kier molecular flexibility index (Phi) is 2.09. The summed E-state index contributed by atoms with van der Waals surface area (Å²) < 4.78 is 2.92. The zero-order valence-electron chi connectivity index (χ0n) is 9.35. The third-order valence-electron chi connectivity index (χ3n) is 2.43. The number of fused-ring (bicyclic) bond motifs is 1. The van der Waals surface area contributed by atoms with Crippen molar-refractivity contribution >= 4 is 11.7 Å². The highest BCUT2D eigenvalue weighted by molar-refractivity contribution is 5.86. The van der Waals surface area contributed by atoms with Gasteiger partial charge in [0.1, 0.15) is 6.33 Å². The van der Waals surface area contributed by atoms with E-state index in [1.807, 2.05) is 6.92 Å². The Bertz CT molecular complexity index is 744. The van der Waals surface area contributed by atoms with Gasteiger partial charge in [-0.05, 0) is 6.92 Å². The summed E-state index contributed by atoms with van der Waals surface area (Å²) in [7, 11) is 0. The number of nitrogens with zero attached hydrogens (tertiary/aromatic N) is 6. The molecule has 0 fully saturated rings. The molecule has 0 aliphatic heterocycles. The predicted molar refractivity (Wildman–Crippen MR) is 59.6 cm³/mol. The highest BCUT2D eigenvalue weighted by Crippen LogP contribution is 2.10. The minimum absolute atomic E-state index is 0.109. The molecule has 3 aromatic heterocycles. The van der Waals surface area contributed by atoms with Crippen LogP contribution in [0.2, 0.25) is 0 Å². The molecule has 0 spiro atoms. The summed E-state index contributed by atoms with van der Waals surface area (Å²) in [5.41, 5.74) is 0.857. The van der Waals surface area contributed by atoms with Crippen molar-refractivity contribution in [1.29, 1.82) is 0 Å². The maximum absolute atomic E-state index is 10.8. The topological polar surface area (TPSA) is 98.2 Å². The van der Waals surface area contributed by atoms with E-state index < -0.39 is 5.97 Å². The van der Waals surface area contributed by atoms with Gasteiger partial charge in [-0.3, -0.25) is 0 Å². The first kappa shape index (κ1) is 10.4. The van der Waals surface area contributed by atoms with E-state index in [1.54, 1.807) is 6.07 Å². The van der Waals surface area contributed by atoms with E-state index in [-0.39, 0.29) is 5.56 Å². The molecule has 0 atom stereocenters. The van der Waals surface area contributed by atoms with Crippen molar-refractivity contribution in [2.24, 2.45) is 0 Å². The van der Waals surface area contributed by atoms with Crippen molar-refractivity contribution < 1.29 is 9.90 Å². The highest BCUT2D eigenvalue weighted by atomic mass is 16.4. The zero-order valence-corrected chi connectivity index (χ0v) is 9.35. The smallest absolute Gasteiger partial charge is 0.338 e. The fourth-order valence-corrected chi connectivity index (χ4v) is 1.63. The second-order valence-corrected chi connectivity index (χ2v) is 3.71. The quantitative estimate of drug-likeness (QED) is 0.696. The third-order valence-corrected chi connectivity index (χ3v) is 2.43. The van der Waals surface area contributed by atoms with E-state index in [0.29, 0.717) is 11.6 Å². The van der Waals surface area contributed by atoms with Gasteiger partial charge in [0.25, 0.3) is 5.78 Å². The first-order valence-electron chi connectivity index (χ1n) is 5.11. The average molecular weight is 244 g/mol. The van der Waals surface area contributed by atoms with Gasteiger partial charge in [-0.25, -0.2) is 14.5 Å². The molecule has 3 rings (SSSR count). The van der Waals surface area contributed by atoms with Crippen molar-refractivity contribution in [2.75, 3.05) is 0 Å². The minimum Gasteiger partial charge on any atom is -0.478 e. The van der Waals surface area contributed by atoms with Gasteiger partial charge in [0, 0.05) is 18.0 Å². The fraction of sp³-hybridized carbons (Fsp3) is 0.100. The molecule has 90 valence electrons. The van der Waals surface area contributed by atoms with Crippen molar-refractivity contribution in [2.45, 2.75) is 6.92 Å². The predicted octanol–water partition coefficient (Wildman–Crippen LogP) is 0.317. The number of carboxylic acids is 1. The molecule has 8 heteroatoms. The van der Waals surface area contributed by atoms with Crippen LogP contribution in [0.4, 0.5) is 0 Å². The van der Waals surface area contributed by atoms with Gasteiger partial charge in [0.05, 0.1) is 11.8 Å². The van der Waals surface area contributed by atoms with Crippen LogP contribution in [-0.2, 0) is 0 Å². The molecule has 0 aliphatic carbocycles. The monoisotopic (exact) mass is 244 g/mol. The fourth-order valence-electron chi connectivity index (χ4n) is 1.63. The van der Waals surface area contributed by atoms with Gasteiger partial charge < -0.3 is 5.11 Å². The van der Waals surface area contributed by atoms with Crippen LogP contribution >= 0.6 is 0 Å². The van der Waals surface area contributed by atoms with Crippen LogP contribution in [0.15, 0.2) is 24.8 Å². The number of carbonyl (C=O) groups is 1. The lowest BCUT2D eigenvalue weighted by atomic mass is 10.4. The van der Waals surface area contributed by atoms with E-state index >= 15 is 0 Å².